The van der Waals surface area contributed by atoms with Gasteiger partial charge in [-0.25, -0.2) is 0 Å². The van der Waals surface area contributed by atoms with Crippen LogP contribution >= 0.6 is 0 Å². The number of hydrogen-bond donors (Lipinski definition) is 1. The predicted molar refractivity (Wildman–Crippen MR) is 60.5 cm³/mol. The second-order valence-corrected chi connectivity index (χ2v) is 5.04. The summed E-state index contributed by atoms with van der Waals surface area (Å²) in [6.07, 6.45) is 0. The second-order valence-electron chi connectivity index (χ2n) is 5.04. The van der Waals surface area contributed by atoms with Crippen LogP contribution in [0.2, 0.25) is 0 Å². The van der Waals surface area contributed by atoms with E-state index in [0.717, 1.165) is 0 Å². The minimum atomic E-state index is -1.32. The third-order valence-electron chi connectivity index (χ3n) is 3.05. The SMILES string of the molecule is C=C1C(=O)C(N(O)C(C)C)C(=O)C(C)(C)C1=O. The summed E-state index contributed by atoms with van der Waals surface area (Å²) in [7, 11) is 0. The topological polar surface area (TPSA) is 74.7 Å². The summed E-state index contributed by atoms with van der Waals surface area (Å²) >= 11 is 0. The lowest BCUT2D eigenvalue weighted by Gasteiger charge is -2.36. The molecule has 0 amide bonds. The quantitative estimate of drug-likeness (QED) is 0.333. The summed E-state index contributed by atoms with van der Waals surface area (Å²) in [5, 5.41) is 10.5. The maximum absolute atomic E-state index is 12.1. The number of Topliss-reactive ketones (excluding diaryl/α,β-unsaturated/α-hetero) is 3. The van der Waals surface area contributed by atoms with Gasteiger partial charge < -0.3 is 5.21 Å². The van der Waals surface area contributed by atoms with Crippen molar-refractivity contribution < 1.29 is 19.6 Å². The van der Waals surface area contributed by atoms with Gasteiger partial charge in [0.1, 0.15) is 0 Å². The zero-order chi connectivity index (χ0) is 13.5. The first-order chi connectivity index (χ1) is 7.62. The van der Waals surface area contributed by atoms with E-state index in [9.17, 15) is 19.6 Å². The molecule has 5 heteroatoms. The monoisotopic (exact) mass is 239 g/mol. The fourth-order valence-electron chi connectivity index (χ4n) is 1.77. The molecule has 1 N–H and O–H groups in total. The van der Waals surface area contributed by atoms with Crippen LogP contribution in [0.3, 0.4) is 0 Å². The summed E-state index contributed by atoms with van der Waals surface area (Å²) in [6.45, 7) is 9.58. The van der Waals surface area contributed by atoms with Crippen LogP contribution in [-0.2, 0) is 14.4 Å². The second kappa shape index (κ2) is 4.16. The number of ketones is 3. The van der Waals surface area contributed by atoms with E-state index in [1.807, 2.05) is 0 Å². The first-order valence-corrected chi connectivity index (χ1v) is 5.41. The third kappa shape index (κ3) is 1.96. The Labute approximate surface area is 100 Å². The van der Waals surface area contributed by atoms with Crippen molar-refractivity contribution >= 4 is 17.3 Å². The zero-order valence-corrected chi connectivity index (χ0v) is 10.5. The van der Waals surface area contributed by atoms with E-state index in [-0.39, 0.29) is 5.57 Å². The molecule has 1 saturated carbocycles. The van der Waals surface area contributed by atoms with Gasteiger partial charge in [-0.2, -0.15) is 5.06 Å². The molecule has 0 aromatic carbocycles. The van der Waals surface area contributed by atoms with Crippen molar-refractivity contribution in [2.24, 2.45) is 5.41 Å². The molecule has 1 rings (SSSR count). The molecule has 0 saturated heterocycles. The zero-order valence-electron chi connectivity index (χ0n) is 10.5. The molecule has 0 aromatic heterocycles. The van der Waals surface area contributed by atoms with Crippen molar-refractivity contribution in [2.45, 2.75) is 39.8 Å². The van der Waals surface area contributed by atoms with Crippen LogP contribution < -0.4 is 0 Å². The van der Waals surface area contributed by atoms with E-state index in [2.05, 4.69) is 6.58 Å². The van der Waals surface area contributed by atoms with Crippen LogP contribution in [0.4, 0.5) is 0 Å². The van der Waals surface area contributed by atoms with E-state index < -0.39 is 34.8 Å². The van der Waals surface area contributed by atoms with Crippen LogP contribution in [0, 0.1) is 5.41 Å². The molecule has 1 unspecified atom stereocenters. The van der Waals surface area contributed by atoms with E-state index in [1.54, 1.807) is 13.8 Å². The molecule has 0 aliphatic heterocycles. The van der Waals surface area contributed by atoms with Gasteiger partial charge in [-0.05, 0) is 27.7 Å². The molecule has 1 fully saturated rings. The van der Waals surface area contributed by atoms with Crippen molar-refractivity contribution in [1.82, 2.24) is 5.06 Å². The maximum Gasteiger partial charge on any atom is 0.192 e. The van der Waals surface area contributed by atoms with E-state index in [1.165, 1.54) is 13.8 Å². The van der Waals surface area contributed by atoms with E-state index in [0.29, 0.717) is 5.06 Å². The molecule has 0 aromatic rings. The predicted octanol–water partition coefficient (Wildman–Crippen LogP) is 0.758. The van der Waals surface area contributed by atoms with Gasteiger partial charge in [0.25, 0.3) is 0 Å². The Hall–Kier alpha value is -1.33. The Morgan fingerprint density at radius 1 is 1.29 bits per heavy atom. The van der Waals surface area contributed by atoms with E-state index >= 15 is 0 Å². The summed E-state index contributed by atoms with van der Waals surface area (Å²) < 4.78 is 0. The van der Waals surface area contributed by atoms with Gasteiger partial charge in [0, 0.05) is 6.04 Å². The van der Waals surface area contributed by atoms with Crippen LogP contribution in [0.1, 0.15) is 27.7 Å². The maximum atomic E-state index is 12.1. The summed E-state index contributed by atoms with van der Waals surface area (Å²) in [4.78, 5) is 35.7. The Bertz CT molecular complexity index is 409. The van der Waals surface area contributed by atoms with Crippen LogP contribution in [0.25, 0.3) is 0 Å². The highest BCUT2D eigenvalue weighted by Gasteiger charge is 2.52. The van der Waals surface area contributed by atoms with Gasteiger partial charge in [0.05, 0.1) is 11.0 Å². The highest BCUT2D eigenvalue weighted by atomic mass is 16.5. The number of carbonyl (C=O) groups is 3. The first-order valence-electron chi connectivity index (χ1n) is 5.41. The normalized spacial score (nSPS) is 25.0. The minimum Gasteiger partial charge on any atom is -0.313 e. The van der Waals surface area contributed by atoms with Crippen molar-refractivity contribution in [1.29, 1.82) is 0 Å². The average Bonchev–Trinajstić information content (AvgIpc) is 2.24. The molecule has 0 spiro atoms. The summed E-state index contributed by atoms with van der Waals surface area (Å²) in [6, 6.07) is -1.72. The smallest absolute Gasteiger partial charge is 0.192 e. The Morgan fingerprint density at radius 2 is 1.76 bits per heavy atom. The number of nitrogens with zero attached hydrogens (tertiary/aromatic N) is 1. The highest BCUT2D eigenvalue weighted by Crippen LogP contribution is 2.32. The molecule has 17 heavy (non-hydrogen) atoms. The van der Waals surface area contributed by atoms with Gasteiger partial charge >= 0.3 is 0 Å². The van der Waals surface area contributed by atoms with Crippen LogP contribution in [-0.4, -0.2) is 39.7 Å². The van der Waals surface area contributed by atoms with Crippen LogP contribution in [0.5, 0.6) is 0 Å². The first kappa shape index (κ1) is 13.7. The lowest BCUT2D eigenvalue weighted by molar-refractivity contribution is -0.178. The Morgan fingerprint density at radius 3 is 2.18 bits per heavy atom. The molecule has 94 valence electrons. The number of hydrogen-bond acceptors (Lipinski definition) is 5. The van der Waals surface area contributed by atoms with E-state index in [4.69, 9.17) is 0 Å². The number of carbonyl (C=O) groups excluding carboxylic acids is 3. The minimum absolute atomic E-state index is 0.223. The lowest BCUT2D eigenvalue weighted by Crippen LogP contribution is -2.59. The Kier molecular flexibility index (Phi) is 3.36. The third-order valence-corrected chi connectivity index (χ3v) is 3.05. The standard InChI is InChI=1S/C12H17NO4/c1-6(2)13(17)8-9(14)7(3)10(15)12(4,5)11(8)16/h6,8,17H,3H2,1-2,4-5H3. The van der Waals surface area contributed by atoms with Crippen molar-refractivity contribution in [2.75, 3.05) is 0 Å². The fraction of sp³-hybridized carbons (Fsp3) is 0.583. The van der Waals surface area contributed by atoms with Crippen LogP contribution in [0.15, 0.2) is 12.2 Å². The molecule has 0 heterocycles. The van der Waals surface area contributed by atoms with Gasteiger partial charge in [-0.1, -0.05) is 6.58 Å². The summed E-state index contributed by atoms with van der Waals surface area (Å²) in [5.41, 5.74) is -1.54. The molecule has 1 atom stereocenters. The Balaban J connectivity index is 3.23. The largest absolute Gasteiger partial charge is 0.313 e. The average molecular weight is 239 g/mol. The number of rotatable bonds is 2. The lowest BCUT2D eigenvalue weighted by atomic mass is 9.70. The molecular weight excluding hydrogens is 222 g/mol. The molecule has 0 bridgehead atoms. The fourth-order valence-corrected chi connectivity index (χ4v) is 1.77. The molecule has 0 radical (unpaired) electrons. The highest BCUT2D eigenvalue weighted by molar-refractivity contribution is 6.38. The summed E-state index contributed by atoms with van der Waals surface area (Å²) in [5.74, 6) is -1.87. The molecular formula is C12H17NO4. The van der Waals surface area contributed by atoms with Gasteiger partial charge in [-0.3, -0.25) is 14.4 Å². The molecule has 1 aliphatic carbocycles. The molecule has 5 nitrogen and oxygen atoms in total. The van der Waals surface area contributed by atoms with Gasteiger partial charge in [0.15, 0.2) is 23.4 Å². The van der Waals surface area contributed by atoms with Crippen molar-refractivity contribution in [3.63, 3.8) is 0 Å². The number of hydroxylamine groups is 2. The van der Waals surface area contributed by atoms with Crippen molar-refractivity contribution in [3.05, 3.63) is 12.2 Å². The molecule has 1 aliphatic rings. The van der Waals surface area contributed by atoms with Gasteiger partial charge in [0.2, 0.25) is 0 Å². The van der Waals surface area contributed by atoms with Crippen molar-refractivity contribution in [3.8, 4) is 0 Å². The van der Waals surface area contributed by atoms with Gasteiger partial charge in [-0.15, -0.1) is 0 Å².